The van der Waals surface area contributed by atoms with Crippen LogP contribution in [0.3, 0.4) is 0 Å². The van der Waals surface area contributed by atoms with Crippen LogP contribution in [0, 0.1) is 5.92 Å². The molecular weight excluding hydrogens is 274 g/mol. The van der Waals surface area contributed by atoms with Crippen molar-refractivity contribution in [3.05, 3.63) is 4.88 Å². The highest BCUT2D eigenvalue weighted by Crippen LogP contribution is 2.43. The number of carbonyl (C=O) groups is 1. The minimum atomic E-state index is -0.0674. The molecule has 0 bridgehead atoms. The smallest absolute Gasteiger partial charge is 0.177 e. The van der Waals surface area contributed by atoms with E-state index < -0.39 is 0 Å². The summed E-state index contributed by atoms with van der Waals surface area (Å²) in [6.07, 6.45) is 1.02. The standard InChI is InChI=1S/C14H25N3O2S/c1-9(2)11(18)13-10(15)12(19-5)14(20-13)16-7-6-8-17(3)4/h9,16H,6-8,15H2,1-5H3. The summed E-state index contributed by atoms with van der Waals surface area (Å²) >= 11 is 1.38. The summed E-state index contributed by atoms with van der Waals surface area (Å²) in [5.74, 6) is 0.582. The van der Waals surface area contributed by atoms with Crippen LogP contribution in [0.15, 0.2) is 0 Å². The second-order valence-electron chi connectivity index (χ2n) is 5.31. The molecule has 0 aliphatic heterocycles. The Morgan fingerprint density at radius 2 is 2.10 bits per heavy atom. The molecule has 0 fully saturated rings. The van der Waals surface area contributed by atoms with Crippen molar-refractivity contribution in [2.45, 2.75) is 20.3 Å². The zero-order chi connectivity index (χ0) is 15.3. The number of nitrogens with one attached hydrogen (secondary N) is 1. The Balaban J connectivity index is 2.80. The lowest BCUT2D eigenvalue weighted by atomic mass is 10.1. The number of nitrogens with two attached hydrogens (primary N) is 1. The largest absolute Gasteiger partial charge is 0.492 e. The van der Waals surface area contributed by atoms with Crippen LogP contribution in [0.4, 0.5) is 10.7 Å². The molecule has 20 heavy (non-hydrogen) atoms. The number of ether oxygens (including phenoxy) is 1. The number of thiophene rings is 1. The number of Topliss-reactive ketones (excluding diaryl/α,β-unsaturated/α-hetero) is 1. The third kappa shape index (κ3) is 4.11. The van der Waals surface area contributed by atoms with Crippen LogP contribution < -0.4 is 15.8 Å². The maximum Gasteiger partial charge on any atom is 0.177 e. The Labute approximate surface area is 125 Å². The zero-order valence-electron chi connectivity index (χ0n) is 12.9. The number of nitrogens with zero attached hydrogens (tertiary/aromatic N) is 1. The molecule has 1 rings (SSSR count). The third-order valence-electron chi connectivity index (χ3n) is 2.92. The van der Waals surface area contributed by atoms with E-state index in [1.54, 1.807) is 7.11 Å². The molecular formula is C14H25N3O2S. The number of methoxy groups -OCH3 is 1. The molecule has 0 radical (unpaired) electrons. The second-order valence-corrected chi connectivity index (χ2v) is 6.33. The van der Waals surface area contributed by atoms with Gasteiger partial charge in [-0.3, -0.25) is 4.79 Å². The van der Waals surface area contributed by atoms with E-state index in [0.717, 1.165) is 24.5 Å². The third-order valence-corrected chi connectivity index (χ3v) is 4.08. The summed E-state index contributed by atoms with van der Waals surface area (Å²) in [5, 5.41) is 4.15. The number of hydrogen-bond donors (Lipinski definition) is 2. The first-order valence-electron chi connectivity index (χ1n) is 6.77. The highest BCUT2D eigenvalue weighted by Gasteiger charge is 2.23. The number of anilines is 2. The predicted molar refractivity (Wildman–Crippen MR) is 86.1 cm³/mol. The van der Waals surface area contributed by atoms with Crippen molar-refractivity contribution in [1.29, 1.82) is 0 Å². The van der Waals surface area contributed by atoms with Gasteiger partial charge in [0, 0.05) is 12.5 Å². The first-order chi connectivity index (χ1) is 9.38. The number of carbonyl (C=O) groups excluding carboxylic acids is 1. The van der Waals surface area contributed by atoms with Crippen LogP contribution in [0.25, 0.3) is 0 Å². The van der Waals surface area contributed by atoms with Gasteiger partial charge in [-0.05, 0) is 27.1 Å². The summed E-state index contributed by atoms with van der Waals surface area (Å²) in [7, 11) is 5.67. The topological polar surface area (TPSA) is 67.6 Å². The average Bonchev–Trinajstić information content (AvgIpc) is 2.69. The van der Waals surface area contributed by atoms with Crippen molar-refractivity contribution >= 4 is 27.8 Å². The van der Waals surface area contributed by atoms with Crippen molar-refractivity contribution in [1.82, 2.24) is 4.90 Å². The monoisotopic (exact) mass is 299 g/mol. The molecule has 0 spiro atoms. The number of nitrogen functional groups attached to an aromatic ring is 1. The number of rotatable bonds is 8. The van der Waals surface area contributed by atoms with Crippen molar-refractivity contribution in [3.8, 4) is 5.75 Å². The van der Waals surface area contributed by atoms with E-state index in [0.29, 0.717) is 16.3 Å². The Bertz CT molecular complexity index is 456. The fourth-order valence-electron chi connectivity index (χ4n) is 1.79. The summed E-state index contributed by atoms with van der Waals surface area (Å²) in [5.41, 5.74) is 6.47. The lowest BCUT2D eigenvalue weighted by Crippen LogP contribution is -2.16. The zero-order valence-corrected chi connectivity index (χ0v) is 13.8. The molecule has 0 aromatic carbocycles. The molecule has 0 unspecified atom stereocenters. The molecule has 1 aromatic heterocycles. The molecule has 3 N–H and O–H groups in total. The van der Waals surface area contributed by atoms with E-state index in [9.17, 15) is 4.79 Å². The van der Waals surface area contributed by atoms with Gasteiger partial charge in [-0.15, -0.1) is 11.3 Å². The fraction of sp³-hybridized carbons (Fsp3) is 0.643. The van der Waals surface area contributed by atoms with Gasteiger partial charge < -0.3 is 20.7 Å². The highest BCUT2D eigenvalue weighted by molar-refractivity contribution is 7.19. The fourth-order valence-corrected chi connectivity index (χ4v) is 2.99. The van der Waals surface area contributed by atoms with Gasteiger partial charge >= 0.3 is 0 Å². The molecule has 114 valence electrons. The van der Waals surface area contributed by atoms with Crippen molar-refractivity contribution in [2.75, 3.05) is 45.3 Å². The lowest BCUT2D eigenvalue weighted by molar-refractivity contribution is 0.0944. The SMILES string of the molecule is COc1c(NCCCN(C)C)sc(C(=O)C(C)C)c1N. The Hall–Kier alpha value is -1.27. The summed E-state index contributed by atoms with van der Waals surface area (Å²) < 4.78 is 5.33. The van der Waals surface area contributed by atoms with Crippen LogP contribution in [-0.4, -0.2) is 45.0 Å². The van der Waals surface area contributed by atoms with Gasteiger partial charge in [-0.25, -0.2) is 0 Å². The number of ketones is 1. The van der Waals surface area contributed by atoms with Crippen LogP contribution in [0.5, 0.6) is 5.75 Å². The Kier molecular flexibility index (Phi) is 6.29. The molecule has 0 atom stereocenters. The van der Waals surface area contributed by atoms with Gasteiger partial charge in [0.25, 0.3) is 0 Å². The normalized spacial score (nSPS) is 11.2. The van der Waals surface area contributed by atoms with Crippen molar-refractivity contribution in [3.63, 3.8) is 0 Å². The van der Waals surface area contributed by atoms with E-state index >= 15 is 0 Å². The highest BCUT2D eigenvalue weighted by atomic mass is 32.1. The quantitative estimate of drug-likeness (QED) is 0.570. The summed E-state index contributed by atoms with van der Waals surface area (Å²) in [6, 6.07) is 0. The Morgan fingerprint density at radius 3 is 2.60 bits per heavy atom. The minimum Gasteiger partial charge on any atom is -0.492 e. The predicted octanol–water partition coefficient (Wildman–Crippen LogP) is 2.54. The Morgan fingerprint density at radius 1 is 1.45 bits per heavy atom. The van der Waals surface area contributed by atoms with Crippen LogP contribution >= 0.6 is 11.3 Å². The second kappa shape index (κ2) is 7.50. The van der Waals surface area contributed by atoms with Gasteiger partial charge in [0.2, 0.25) is 0 Å². The van der Waals surface area contributed by atoms with E-state index in [4.69, 9.17) is 10.5 Å². The molecule has 0 aliphatic rings. The molecule has 5 nitrogen and oxygen atoms in total. The van der Waals surface area contributed by atoms with Gasteiger partial charge in [0.15, 0.2) is 11.5 Å². The first kappa shape index (κ1) is 16.8. The lowest BCUT2D eigenvalue weighted by Gasteiger charge is -2.10. The first-order valence-corrected chi connectivity index (χ1v) is 7.59. The van der Waals surface area contributed by atoms with E-state index in [1.165, 1.54) is 11.3 Å². The van der Waals surface area contributed by atoms with E-state index in [2.05, 4.69) is 10.2 Å². The number of hydrogen-bond acceptors (Lipinski definition) is 6. The molecule has 0 saturated heterocycles. The molecule has 0 saturated carbocycles. The maximum absolute atomic E-state index is 12.1. The van der Waals surface area contributed by atoms with Gasteiger partial charge in [0.05, 0.1) is 17.7 Å². The van der Waals surface area contributed by atoms with Crippen LogP contribution in [0.1, 0.15) is 29.9 Å². The minimum absolute atomic E-state index is 0.0622. The van der Waals surface area contributed by atoms with Gasteiger partial charge in [-0.1, -0.05) is 13.8 Å². The maximum atomic E-state index is 12.1. The van der Waals surface area contributed by atoms with Crippen LogP contribution in [-0.2, 0) is 0 Å². The summed E-state index contributed by atoms with van der Waals surface area (Å²) in [6.45, 7) is 5.58. The summed E-state index contributed by atoms with van der Waals surface area (Å²) in [4.78, 5) is 14.8. The van der Waals surface area contributed by atoms with Crippen molar-refractivity contribution < 1.29 is 9.53 Å². The molecule has 6 heteroatoms. The van der Waals surface area contributed by atoms with Crippen LogP contribution in [0.2, 0.25) is 0 Å². The molecule has 0 amide bonds. The van der Waals surface area contributed by atoms with Gasteiger partial charge in [0.1, 0.15) is 5.00 Å². The molecule has 1 aromatic rings. The van der Waals surface area contributed by atoms with E-state index in [-0.39, 0.29) is 11.7 Å². The van der Waals surface area contributed by atoms with Gasteiger partial charge in [-0.2, -0.15) is 0 Å². The molecule has 1 heterocycles. The van der Waals surface area contributed by atoms with E-state index in [1.807, 2.05) is 27.9 Å². The average molecular weight is 299 g/mol. The van der Waals surface area contributed by atoms with Crippen molar-refractivity contribution in [2.24, 2.45) is 5.92 Å². The molecule has 0 aliphatic carbocycles.